The third-order valence-electron chi connectivity index (χ3n) is 4.14. The average molecular weight is 303 g/mol. The third-order valence-corrected chi connectivity index (χ3v) is 4.14. The number of rotatable bonds is 8. The smallest absolute Gasteiger partial charge is 0.188 e. The molecule has 1 aromatic carbocycles. The topological polar surface area (TPSA) is 65.7 Å². The van der Waals surface area contributed by atoms with Crippen LogP contribution in [0.2, 0.25) is 0 Å². The maximum absolute atomic E-state index is 5.93. The molecule has 1 heterocycles. The van der Waals surface area contributed by atoms with Gasteiger partial charge in [-0.2, -0.15) is 0 Å². The van der Waals surface area contributed by atoms with Gasteiger partial charge in [-0.3, -0.25) is 9.89 Å². The Morgan fingerprint density at radius 1 is 1.32 bits per heavy atom. The Labute approximate surface area is 134 Å². The van der Waals surface area contributed by atoms with E-state index in [9.17, 15) is 0 Å². The van der Waals surface area contributed by atoms with Crippen molar-refractivity contribution in [3.8, 4) is 0 Å². The summed E-state index contributed by atoms with van der Waals surface area (Å²) in [4.78, 5) is 6.97. The normalized spacial score (nSPS) is 19.3. The number of hydrogen-bond acceptors (Lipinski definition) is 3. The van der Waals surface area contributed by atoms with Gasteiger partial charge in [-0.15, -0.1) is 0 Å². The van der Waals surface area contributed by atoms with E-state index in [1.54, 1.807) is 0 Å². The maximum atomic E-state index is 5.93. The van der Waals surface area contributed by atoms with E-state index in [1.165, 1.54) is 19.4 Å². The van der Waals surface area contributed by atoms with Gasteiger partial charge in [0.1, 0.15) is 0 Å². The van der Waals surface area contributed by atoms with E-state index in [0.29, 0.717) is 12.0 Å². The van der Waals surface area contributed by atoms with E-state index in [0.717, 1.165) is 38.3 Å². The van der Waals surface area contributed by atoms with Crippen molar-refractivity contribution < 1.29 is 0 Å². The zero-order valence-electron chi connectivity index (χ0n) is 13.6. The van der Waals surface area contributed by atoms with Crippen molar-refractivity contribution in [2.45, 2.75) is 32.2 Å². The van der Waals surface area contributed by atoms with Crippen LogP contribution in [0.4, 0.5) is 5.69 Å². The predicted molar refractivity (Wildman–Crippen MR) is 94.3 cm³/mol. The van der Waals surface area contributed by atoms with Crippen LogP contribution in [-0.2, 0) is 0 Å². The van der Waals surface area contributed by atoms with E-state index < -0.39 is 0 Å². The summed E-state index contributed by atoms with van der Waals surface area (Å²) in [5, 5.41) is 6.58. The molecule has 0 bridgehead atoms. The van der Waals surface area contributed by atoms with Crippen molar-refractivity contribution in [3.63, 3.8) is 0 Å². The maximum Gasteiger partial charge on any atom is 0.188 e. The summed E-state index contributed by atoms with van der Waals surface area (Å²) in [5.41, 5.74) is 7.09. The molecule has 22 heavy (non-hydrogen) atoms. The lowest BCUT2D eigenvalue weighted by Crippen LogP contribution is -2.36. The van der Waals surface area contributed by atoms with Gasteiger partial charge >= 0.3 is 0 Å². The molecule has 0 spiro atoms. The first-order valence-corrected chi connectivity index (χ1v) is 8.36. The zero-order valence-corrected chi connectivity index (χ0v) is 13.6. The molecule has 2 rings (SSSR count). The van der Waals surface area contributed by atoms with Crippen molar-refractivity contribution in [2.75, 3.05) is 38.0 Å². The standard InChI is InChI=1S/C17H29N5/c1-2-22-13-6-10-16(22)14-21-17(18)20-12-7-11-19-15-8-4-3-5-9-15/h3-5,8-9,16,19H,2,6-7,10-14H2,1H3,(H3,18,20,21). The molecular weight excluding hydrogens is 274 g/mol. The third kappa shape index (κ3) is 5.56. The van der Waals surface area contributed by atoms with Crippen LogP contribution >= 0.6 is 0 Å². The van der Waals surface area contributed by atoms with Crippen molar-refractivity contribution in [2.24, 2.45) is 10.7 Å². The van der Waals surface area contributed by atoms with Crippen molar-refractivity contribution in [3.05, 3.63) is 30.3 Å². The Bertz CT molecular complexity index is 446. The monoisotopic (exact) mass is 303 g/mol. The number of likely N-dealkylation sites (tertiary alicyclic amines) is 1. The van der Waals surface area contributed by atoms with Crippen LogP contribution in [0.3, 0.4) is 0 Å². The van der Waals surface area contributed by atoms with E-state index in [4.69, 9.17) is 5.73 Å². The van der Waals surface area contributed by atoms with Crippen LogP contribution in [0, 0.1) is 0 Å². The van der Waals surface area contributed by atoms with Crippen LogP contribution < -0.4 is 16.4 Å². The molecular formula is C17H29N5. The molecule has 122 valence electrons. The Morgan fingerprint density at radius 3 is 2.91 bits per heavy atom. The Balaban J connectivity index is 1.57. The molecule has 1 aliphatic rings. The summed E-state index contributed by atoms with van der Waals surface area (Å²) in [6, 6.07) is 10.8. The van der Waals surface area contributed by atoms with Crippen LogP contribution in [0.25, 0.3) is 0 Å². The largest absolute Gasteiger partial charge is 0.385 e. The molecule has 0 aromatic heterocycles. The SMILES string of the molecule is CCN1CCCC1CN=C(N)NCCCNc1ccccc1. The van der Waals surface area contributed by atoms with Crippen LogP contribution in [0.1, 0.15) is 26.2 Å². The van der Waals surface area contributed by atoms with Crippen LogP contribution in [0.15, 0.2) is 35.3 Å². The van der Waals surface area contributed by atoms with Gasteiger partial charge in [0.25, 0.3) is 0 Å². The lowest BCUT2D eigenvalue weighted by Gasteiger charge is -2.20. The second kappa shape index (κ2) is 9.30. The Hall–Kier alpha value is -1.75. The van der Waals surface area contributed by atoms with Crippen LogP contribution in [-0.4, -0.2) is 49.6 Å². The molecule has 0 radical (unpaired) electrons. The summed E-state index contributed by atoms with van der Waals surface area (Å²) >= 11 is 0. The van der Waals surface area contributed by atoms with Gasteiger partial charge < -0.3 is 16.4 Å². The Kier molecular flexibility index (Phi) is 7.03. The second-order valence-electron chi connectivity index (χ2n) is 5.72. The number of guanidine groups is 1. The minimum Gasteiger partial charge on any atom is -0.385 e. The average Bonchev–Trinajstić information content (AvgIpc) is 3.01. The van der Waals surface area contributed by atoms with E-state index in [1.807, 2.05) is 18.2 Å². The van der Waals surface area contributed by atoms with Gasteiger partial charge in [-0.25, -0.2) is 0 Å². The highest BCUT2D eigenvalue weighted by molar-refractivity contribution is 5.77. The molecule has 1 atom stereocenters. The number of nitrogens with zero attached hydrogens (tertiary/aromatic N) is 2. The van der Waals surface area contributed by atoms with E-state index in [-0.39, 0.29) is 0 Å². The highest BCUT2D eigenvalue weighted by Gasteiger charge is 2.22. The number of para-hydroxylation sites is 1. The molecule has 4 N–H and O–H groups in total. The summed E-state index contributed by atoms with van der Waals surface area (Å²) in [5.74, 6) is 0.572. The van der Waals surface area contributed by atoms with Gasteiger partial charge in [0.15, 0.2) is 5.96 Å². The molecule has 1 unspecified atom stereocenters. The van der Waals surface area contributed by atoms with Gasteiger partial charge in [-0.05, 0) is 44.5 Å². The summed E-state index contributed by atoms with van der Waals surface area (Å²) in [6.45, 7) is 7.11. The fraction of sp³-hybridized carbons (Fsp3) is 0.588. The summed E-state index contributed by atoms with van der Waals surface area (Å²) in [6.07, 6.45) is 3.54. The first-order chi connectivity index (χ1) is 10.8. The van der Waals surface area contributed by atoms with Gasteiger partial charge in [0.05, 0.1) is 6.54 Å². The number of benzene rings is 1. The van der Waals surface area contributed by atoms with Crippen molar-refractivity contribution in [1.82, 2.24) is 10.2 Å². The minimum atomic E-state index is 0.572. The highest BCUT2D eigenvalue weighted by atomic mass is 15.2. The minimum absolute atomic E-state index is 0.572. The number of nitrogens with one attached hydrogen (secondary N) is 2. The lowest BCUT2D eigenvalue weighted by atomic mass is 10.2. The number of anilines is 1. The first-order valence-electron chi connectivity index (χ1n) is 8.36. The molecule has 0 saturated carbocycles. The Morgan fingerprint density at radius 2 is 2.14 bits per heavy atom. The van der Waals surface area contributed by atoms with E-state index in [2.05, 4.69) is 39.6 Å². The molecule has 5 nitrogen and oxygen atoms in total. The van der Waals surface area contributed by atoms with Crippen molar-refractivity contribution in [1.29, 1.82) is 0 Å². The van der Waals surface area contributed by atoms with Gasteiger partial charge in [0.2, 0.25) is 0 Å². The van der Waals surface area contributed by atoms with Gasteiger partial charge in [0, 0.05) is 24.8 Å². The lowest BCUT2D eigenvalue weighted by molar-refractivity contribution is 0.273. The fourth-order valence-corrected chi connectivity index (χ4v) is 2.87. The highest BCUT2D eigenvalue weighted by Crippen LogP contribution is 2.16. The second-order valence-corrected chi connectivity index (χ2v) is 5.72. The van der Waals surface area contributed by atoms with E-state index >= 15 is 0 Å². The molecule has 0 amide bonds. The quantitative estimate of drug-likeness (QED) is 0.390. The summed E-state index contributed by atoms with van der Waals surface area (Å²) in [7, 11) is 0. The number of hydrogen-bond donors (Lipinski definition) is 3. The molecule has 1 saturated heterocycles. The molecule has 1 aromatic rings. The fourth-order valence-electron chi connectivity index (χ4n) is 2.87. The number of aliphatic imine (C=N–C) groups is 1. The summed E-state index contributed by atoms with van der Waals surface area (Å²) < 4.78 is 0. The van der Waals surface area contributed by atoms with Gasteiger partial charge in [-0.1, -0.05) is 25.1 Å². The molecule has 5 heteroatoms. The van der Waals surface area contributed by atoms with Crippen molar-refractivity contribution >= 4 is 11.6 Å². The molecule has 0 aliphatic carbocycles. The number of likely N-dealkylation sites (N-methyl/N-ethyl adjacent to an activating group) is 1. The van der Waals surface area contributed by atoms with Crippen LogP contribution in [0.5, 0.6) is 0 Å². The molecule has 1 aliphatic heterocycles. The zero-order chi connectivity index (χ0) is 15.6. The number of nitrogens with two attached hydrogens (primary N) is 1. The first kappa shape index (κ1) is 16.6. The predicted octanol–water partition coefficient (Wildman–Crippen LogP) is 1.88. The molecule has 1 fully saturated rings.